The van der Waals surface area contributed by atoms with E-state index in [1.54, 1.807) is 12.1 Å². The fourth-order valence-electron chi connectivity index (χ4n) is 4.80. The van der Waals surface area contributed by atoms with Crippen LogP contribution in [0.25, 0.3) is 34.2 Å². The average molecular weight is 549 g/mol. The van der Waals surface area contributed by atoms with E-state index in [4.69, 9.17) is 19.7 Å². The third-order valence-corrected chi connectivity index (χ3v) is 6.79. The Morgan fingerprint density at radius 1 is 0.524 bits per heavy atom. The molecule has 5 aromatic carbocycles. The lowest BCUT2D eigenvalue weighted by Crippen LogP contribution is -2.15. The average Bonchev–Trinajstić information content (AvgIpc) is 3.08. The van der Waals surface area contributed by atoms with Crippen molar-refractivity contribution in [2.45, 2.75) is 13.8 Å². The third-order valence-electron chi connectivity index (χ3n) is 6.79. The van der Waals surface area contributed by atoms with Gasteiger partial charge in [-0.2, -0.15) is 0 Å². The Balaban J connectivity index is 0.00000155. The highest BCUT2D eigenvalue weighted by atomic mass is 16.5. The highest BCUT2D eigenvalue weighted by Gasteiger charge is 2.25. The zero-order valence-electron chi connectivity index (χ0n) is 23.3. The fourth-order valence-corrected chi connectivity index (χ4v) is 4.80. The topological polar surface area (TPSA) is 68.2 Å². The molecule has 0 bridgehead atoms. The van der Waals surface area contributed by atoms with Crippen LogP contribution in [0.15, 0.2) is 127 Å². The largest absolute Gasteiger partial charge is 0.453 e. The number of benzene rings is 5. The van der Waals surface area contributed by atoms with Crippen molar-refractivity contribution in [3.05, 3.63) is 133 Å². The molecule has 0 radical (unpaired) electrons. The van der Waals surface area contributed by atoms with Crippen LogP contribution < -0.4 is 9.64 Å². The molecule has 204 valence electrons. The molecule has 42 heavy (non-hydrogen) atoms. The number of rotatable bonds is 5. The summed E-state index contributed by atoms with van der Waals surface area (Å²) in [7, 11) is 0. The number of nitrogens with zero attached hydrogens (tertiary/aromatic N) is 4. The van der Waals surface area contributed by atoms with E-state index in [9.17, 15) is 4.79 Å². The SMILES string of the molecule is CC.O=Cc1ccc(-c2nc(-c3ccccc3)nc(-c3ccc(N4c5ccccc5Oc5ccccc54)cc3)n2)cc1. The van der Waals surface area contributed by atoms with Crippen LogP contribution in [0.4, 0.5) is 17.1 Å². The molecule has 0 fully saturated rings. The van der Waals surface area contributed by atoms with Crippen molar-refractivity contribution in [2.24, 2.45) is 0 Å². The normalized spacial score (nSPS) is 11.3. The first-order valence-corrected chi connectivity index (χ1v) is 13.9. The van der Waals surface area contributed by atoms with Crippen molar-refractivity contribution < 1.29 is 9.53 Å². The molecule has 7 rings (SSSR count). The minimum absolute atomic E-state index is 0.543. The lowest BCUT2D eigenvalue weighted by Gasteiger charge is -2.32. The van der Waals surface area contributed by atoms with Crippen LogP contribution in [0.5, 0.6) is 11.5 Å². The maximum atomic E-state index is 11.2. The standard InChI is InChI=1S/C34H22N4O2.C2H6/c39-22-23-14-16-25(17-15-23)33-35-32(24-8-2-1-3-9-24)36-34(37-33)26-18-20-27(21-19-26)38-28-10-4-6-12-30(28)40-31-13-7-5-11-29(31)38;1-2/h1-22H;1-2H3. The molecule has 0 N–H and O–H groups in total. The Kier molecular flexibility index (Phi) is 7.51. The molecule has 6 nitrogen and oxygen atoms in total. The van der Waals surface area contributed by atoms with Gasteiger partial charge in [0.15, 0.2) is 29.0 Å². The van der Waals surface area contributed by atoms with Gasteiger partial charge in [-0.25, -0.2) is 15.0 Å². The van der Waals surface area contributed by atoms with Crippen LogP contribution in [0, 0.1) is 0 Å². The summed E-state index contributed by atoms with van der Waals surface area (Å²) >= 11 is 0. The van der Waals surface area contributed by atoms with Crippen molar-refractivity contribution >= 4 is 23.3 Å². The van der Waals surface area contributed by atoms with Crippen LogP contribution in [-0.4, -0.2) is 21.2 Å². The first-order chi connectivity index (χ1) is 20.8. The van der Waals surface area contributed by atoms with Crippen LogP contribution in [0.2, 0.25) is 0 Å². The molecule has 0 amide bonds. The zero-order chi connectivity index (χ0) is 28.9. The maximum Gasteiger partial charge on any atom is 0.164 e. The first-order valence-electron chi connectivity index (χ1n) is 13.9. The van der Waals surface area contributed by atoms with Gasteiger partial charge in [-0.1, -0.05) is 92.7 Å². The second kappa shape index (κ2) is 11.9. The molecule has 0 aliphatic carbocycles. The molecule has 0 unspecified atom stereocenters. The van der Waals surface area contributed by atoms with E-state index in [1.165, 1.54) is 0 Å². The molecular weight excluding hydrogens is 520 g/mol. The van der Waals surface area contributed by atoms with Gasteiger partial charge in [-0.3, -0.25) is 4.79 Å². The van der Waals surface area contributed by atoms with Gasteiger partial charge < -0.3 is 9.64 Å². The van der Waals surface area contributed by atoms with Crippen molar-refractivity contribution in [3.8, 4) is 45.7 Å². The Bertz CT molecular complexity index is 1790. The minimum Gasteiger partial charge on any atom is -0.453 e. The van der Waals surface area contributed by atoms with Gasteiger partial charge >= 0.3 is 0 Å². The van der Waals surface area contributed by atoms with Crippen molar-refractivity contribution in [1.29, 1.82) is 0 Å². The summed E-state index contributed by atoms with van der Waals surface area (Å²) in [6, 6.07) is 41.3. The number of anilines is 3. The molecule has 1 aromatic heterocycles. The Hall–Kier alpha value is -5.62. The molecule has 0 spiro atoms. The molecular formula is C36H28N4O2. The van der Waals surface area contributed by atoms with Crippen LogP contribution in [0.3, 0.4) is 0 Å². The van der Waals surface area contributed by atoms with Gasteiger partial charge in [0.05, 0.1) is 11.4 Å². The molecule has 6 aromatic rings. The monoisotopic (exact) mass is 548 g/mol. The van der Waals surface area contributed by atoms with Gasteiger partial charge in [0.1, 0.15) is 6.29 Å². The van der Waals surface area contributed by atoms with Gasteiger partial charge in [0, 0.05) is 27.9 Å². The number of carbonyl (C=O) groups excluding carboxylic acids is 1. The number of ether oxygens (including phenoxy) is 1. The number of hydrogen-bond donors (Lipinski definition) is 0. The van der Waals surface area contributed by atoms with Crippen LogP contribution in [0.1, 0.15) is 24.2 Å². The number of hydrogen-bond acceptors (Lipinski definition) is 6. The first kappa shape index (κ1) is 26.6. The van der Waals surface area contributed by atoms with Crippen molar-refractivity contribution in [1.82, 2.24) is 15.0 Å². The maximum absolute atomic E-state index is 11.2. The number of carbonyl (C=O) groups is 1. The summed E-state index contributed by atoms with van der Waals surface area (Å²) in [5, 5.41) is 0. The second-order valence-corrected chi connectivity index (χ2v) is 9.33. The summed E-state index contributed by atoms with van der Waals surface area (Å²) < 4.78 is 6.16. The van der Waals surface area contributed by atoms with E-state index in [0.717, 1.165) is 51.5 Å². The van der Waals surface area contributed by atoms with Gasteiger partial charge in [-0.15, -0.1) is 0 Å². The van der Waals surface area contributed by atoms with E-state index in [2.05, 4.69) is 29.2 Å². The van der Waals surface area contributed by atoms with E-state index in [0.29, 0.717) is 23.0 Å². The van der Waals surface area contributed by atoms with E-state index >= 15 is 0 Å². The number of fused-ring (bicyclic) bond motifs is 2. The lowest BCUT2D eigenvalue weighted by molar-refractivity contribution is 0.112. The second-order valence-electron chi connectivity index (χ2n) is 9.33. The Morgan fingerprint density at radius 2 is 0.952 bits per heavy atom. The predicted octanol–water partition coefficient (Wildman–Crippen LogP) is 9.29. The van der Waals surface area contributed by atoms with E-state index < -0.39 is 0 Å². The molecule has 2 heterocycles. The molecule has 0 saturated carbocycles. The summed E-state index contributed by atoms with van der Waals surface area (Å²) in [6.07, 6.45) is 0.824. The van der Waals surface area contributed by atoms with Gasteiger partial charge in [0.25, 0.3) is 0 Å². The quantitative estimate of drug-likeness (QED) is 0.200. The number of para-hydroxylation sites is 4. The van der Waals surface area contributed by atoms with Crippen molar-refractivity contribution in [2.75, 3.05) is 4.90 Å². The van der Waals surface area contributed by atoms with E-state index in [1.807, 2.05) is 105 Å². The predicted molar refractivity (Wildman–Crippen MR) is 168 cm³/mol. The van der Waals surface area contributed by atoms with Crippen LogP contribution >= 0.6 is 0 Å². The summed E-state index contributed by atoms with van der Waals surface area (Å²) in [6.45, 7) is 4.00. The number of aldehydes is 1. The number of aromatic nitrogens is 3. The molecule has 0 atom stereocenters. The van der Waals surface area contributed by atoms with Gasteiger partial charge in [-0.05, 0) is 48.5 Å². The smallest absolute Gasteiger partial charge is 0.164 e. The highest BCUT2D eigenvalue weighted by Crippen LogP contribution is 2.50. The fraction of sp³-hybridized carbons (Fsp3) is 0.0556. The summed E-state index contributed by atoms with van der Waals surface area (Å²) in [5.41, 5.74) is 6.11. The Labute approximate surface area is 245 Å². The molecule has 1 aliphatic heterocycles. The molecule has 6 heteroatoms. The zero-order valence-corrected chi connectivity index (χ0v) is 23.3. The Morgan fingerprint density at radius 3 is 1.45 bits per heavy atom. The van der Waals surface area contributed by atoms with Crippen molar-refractivity contribution in [3.63, 3.8) is 0 Å². The highest BCUT2D eigenvalue weighted by molar-refractivity contribution is 5.86. The van der Waals surface area contributed by atoms with E-state index in [-0.39, 0.29) is 0 Å². The molecule has 0 saturated heterocycles. The summed E-state index contributed by atoms with van der Waals surface area (Å²) in [5.74, 6) is 3.31. The summed E-state index contributed by atoms with van der Waals surface area (Å²) in [4.78, 5) is 27.8. The third kappa shape index (κ3) is 5.13. The lowest BCUT2D eigenvalue weighted by atomic mass is 10.1. The van der Waals surface area contributed by atoms with Gasteiger partial charge in [0.2, 0.25) is 0 Å². The minimum atomic E-state index is 0.543. The molecule has 1 aliphatic rings. The van der Waals surface area contributed by atoms with Crippen LogP contribution in [-0.2, 0) is 0 Å².